The molecule has 0 aromatic heterocycles. The molecule has 182 valence electrons. The Morgan fingerprint density at radius 1 is 1.15 bits per heavy atom. The maximum atomic E-state index is 13.4. The van der Waals surface area contributed by atoms with Crippen LogP contribution in [0.3, 0.4) is 0 Å². The summed E-state index contributed by atoms with van der Waals surface area (Å²) in [6, 6.07) is 10.3. The van der Waals surface area contributed by atoms with Gasteiger partial charge in [-0.3, -0.25) is 15.2 Å². The third-order valence-corrected chi connectivity index (χ3v) is 6.49. The predicted molar refractivity (Wildman–Crippen MR) is 142 cm³/mol. The Hall–Kier alpha value is -2.92. The molecule has 5 nitrogen and oxygen atoms in total. The molecule has 1 saturated heterocycles. The fourth-order valence-electron chi connectivity index (χ4n) is 4.63. The summed E-state index contributed by atoms with van der Waals surface area (Å²) in [7, 11) is 1.71. The van der Waals surface area contributed by atoms with Crippen LogP contribution >= 0.6 is 0 Å². The van der Waals surface area contributed by atoms with Crippen molar-refractivity contribution in [2.24, 2.45) is 4.99 Å². The van der Waals surface area contributed by atoms with E-state index >= 15 is 0 Å². The van der Waals surface area contributed by atoms with E-state index in [9.17, 15) is 4.79 Å². The molecular weight excluding hydrogens is 420 g/mol. The monoisotopic (exact) mass is 460 g/mol. The fourth-order valence-corrected chi connectivity index (χ4v) is 4.63. The van der Waals surface area contributed by atoms with Crippen LogP contribution in [0.2, 0.25) is 0 Å². The molecule has 0 bridgehead atoms. The van der Waals surface area contributed by atoms with Crippen LogP contribution in [0, 0.1) is 0 Å². The van der Waals surface area contributed by atoms with Crippen LogP contribution in [0.25, 0.3) is 0 Å². The standard InChI is InChI=1S/C29H40N4O/c1-5-14-27(31-23(3)25-18-11-10-15-22(25)2)26(21-24-16-8-6-9-17-24)28(30-4)29(34)32-33-19-12-7-13-20-33/h6,8-9,11,16-18,31H,3,5,7,10,12-15,19-21H2,1-2,4H3,(H,32,34)/b27-26+,30-28?. The van der Waals surface area contributed by atoms with Crippen molar-refractivity contribution in [1.82, 2.24) is 15.8 Å². The van der Waals surface area contributed by atoms with E-state index in [4.69, 9.17) is 0 Å². The Morgan fingerprint density at radius 3 is 2.53 bits per heavy atom. The molecular formula is C29H40N4O. The van der Waals surface area contributed by atoms with E-state index in [-0.39, 0.29) is 5.91 Å². The zero-order valence-electron chi connectivity index (χ0n) is 21.1. The number of allylic oxidation sites excluding steroid dienone is 4. The van der Waals surface area contributed by atoms with Gasteiger partial charge in [-0.1, -0.05) is 74.4 Å². The Labute approximate surface area is 205 Å². The molecule has 5 heteroatoms. The molecule has 1 aliphatic heterocycles. The Bertz CT molecular complexity index is 979. The van der Waals surface area contributed by atoms with Crippen molar-refractivity contribution in [2.45, 2.75) is 65.2 Å². The summed E-state index contributed by atoms with van der Waals surface area (Å²) in [5, 5.41) is 5.65. The number of nitrogens with zero attached hydrogens (tertiary/aromatic N) is 2. The normalized spacial score (nSPS) is 17.9. The fraction of sp³-hybridized carbons (Fsp3) is 0.448. The van der Waals surface area contributed by atoms with E-state index in [1.807, 2.05) is 23.2 Å². The summed E-state index contributed by atoms with van der Waals surface area (Å²) in [6.45, 7) is 10.5. The zero-order chi connectivity index (χ0) is 24.3. The number of benzene rings is 1. The van der Waals surface area contributed by atoms with Gasteiger partial charge < -0.3 is 5.32 Å². The van der Waals surface area contributed by atoms with Crippen molar-refractivity contribution in [1.29, 1.82) is 0 Å². The van der Waals surface area contributed by atoms with Gasteiger partial charge in [-0.15, -0.1) is 0 Å². The zero-order valence-corrected chi connectivity index (χ0v) is 21.1. The van der Waals surface area contributed by atoms with E-state index in [1.165, 1.54) is 12.0 Å². The van der Waals surface area contributed by atoms with Crippen molar-refractivity contribution in [2.75, 3.05) is 20.1 Å². The molecule has 1 aromatic rings. The lowest BCUT2D eigenvalue weighted by Crippen LogP contribution is -2.48. The highest BCUT2D eigenvalue weighted by molar-refractivity contribution is 6.45. The van der Waals surface area contributed by atoms with Gasteiger partial charge in [-0.2, -0.15) is 0 Å². The molecule has 34 heavy (non-hydrogen) atoms. The van der Waals surface area contributed by atoms with Gasteiger partial charge in [0.25, 0.3) is 5.91 Å². The molecule has 1 amide bonds. The van der Waals surface area contributed by atoms with Crippen molar-refractivity contribution >= 4 is 11.6 Å². The lowest BCUT2D eigenvalue weighted by Gasteiger charge is -2.28. The first-order valence-electron chi connectivity index (χ1n) is 12.6. The number of hydrazine groups is 1. The summed E-state index contributed by atoms with van der Waals surface area (Å²) in [5.74, 6) is -0.135. The lowest BCUT2D eigenvalue weighted by atomic mass is 9.94. The summed E-state index contributed by atoms with van der Waals surface area (Å²) >= 11 is 0. The number of carbonyl (C=O) groups is 1. The smallest absolute Gasteiger partial charge is 0.284 e. The number of carbonyl (C=O) groups excluding carboxylic acids is 1. The summed E-state index contributed by atoms with van der Waals surface area (Å²) in [4.78, 5) is 17.9. The van der Waals surface area contributed by atoms with Gasteiger partial charge in [0.2, 0.25) is 0 Å². The average molecular weight is 461 g/mol. The predicted octanol–water partition coefficient (Wildman–Crippen LogP) is 5.64. The molecule has 2 N–H and O–H groups in total. The largest absolute Gasteiger partial charge is 0.359 e. The first-order valence-corrected chi connectivity index (χ1v) is 12.6. The van der Waals surface area contributed by atoms with Gasteiger partial charge in [0, 0.05) is 43.5 Å². The molecule has 3 rings (SSSR count). The van der Waals surface area contributed by atoms with Gasteiger partial charge >= 0.3 is 0 Å². The number of rotatable bonds is 10. The quantitative estimate of drug-likeness (QED) is 0.444. The number of piperidine rings is 1. The van der Waals surface area contributed by atoms with Gasteiger partial charge in [0.1, 0.15) is 5.71 Å². The molecule has 1 heterocycles. The van der Waals surface area contributed by atoms with E-state index in [0.717, 1.165) is 79.7 Å². The van der Waals surface area contributed by atoms with Crippen LogP contribution in [0.4, 0.5) is 0 Å². The van der Waals surface area contributed by atoms with Gasteiger partial charge in [0.15, 0.2) is 0 Å². The Balaban J connectivity index is 1.96. The average Bonchev–Trinajstić information content (AvgIpc) is 2.85. The van der Waals surface area contributed by atoms with Crippen LogP contribution in [0.1, 0.15) is 64.4 Å². The molecule has 2 aliphatic rings. The van der Waals surface area contributed by atoms with Gasteiger partial charge in [-0.25, -0.2) is 5.01 Å². The second kappa shape index (κ2) is 13.1. The maximum absolute atomic E-state index is 13.4. The molecule has 0 unspecified atom stereocenters. The minimum atomic E-state index is -0.135. The minimum Gasteiger partial charge on any atom is -0.359 e. The van der Waals surface area contributed by atoms with Crippen LogP contribution < -0.4 is 10.7 Å². The van der Waals surface area contributed by atoms with Crippen molar-refractivity contribution in [3.63, 3.8) is 0 Å². The number of amides is 1. The van der Waals surface area contributed by atoms with Crippen LogP contribution in [0.5, 0.6) is 0 Å². The van der Waals surface area contributed by atoms with Crippen molar-refractivity contribution in [3.05, 3.63) is 82.7 Å². The molecule has 1 aliphatic carbocycles. The highest BCUT2D eigenvalue weighted by atomic mass is 16.2. The van der Waals surface area contributed by atoms with E-state index in [0.29, 0.717) is 12.1 Å². The second-order valence-corrected chi connectivity index (χ2v) is 9.17. The maximum Gasteiger partial charge on any atom is 0.284 e. The van der Waals surface area contributed by atoms with E-state index in [1.54, 1.807) is 7.05 Å². The molecule has 0 atom stereocenters. The van der Waals surface area contributed by atoms with Crippen LogP contribution in [-0.4, -0.2) is 36.8 Å². The number of aliphatic imine (C=N–C) groups is 1. The molecule has 1 fully saturated rings. The minimum absolute atomic E-state index is 0.135. The second-order valence-electron chi connectivity index (χ2n) is 9.17. The molecule has 0 spiro atoms. The Morgan fingerprint density at radius 2 is 1.88 bits per heavy atom. The van der Waals surface area contributed by atoms with Gasteiger partial charge in [-0.05, 0) is 50.2 Å². The number of nitrogens with one attached hydrogen (secondary N) is 2. The van der Waals surface area contributed by atoms with E-state index < -0.39 is 0 Å². The highest BCUT2D eigenvalue weighted by Gasteiger charge is 2.23. The molecule has 1 aromatic carbocycles. The Kier molecular flexibility index (Phi) is 9.89. The van der Waals surface area contributed by atoms with Crippen LogP contribution in [0.15, 0.2) is 82.2 Å². The molecule has 0 saturated carbocycles. The summed E-state index contributed by atoms with van der Waals surface area (Å²) < 4.78 is 0. The van der Waals surface area contributed by atoms with E-state index in [2.05, 4.69) is 60.4 Å². The highest BCUT2D eigenvalue weighted by Crippen LogP contribution is 2.25. The third kappa shape index (κ3) is 7.04. The first-order chi connectivity index (χ1) is 16.5. The summed E-state index contributed by atoms with van der Waals surface area (Å²) in [5.41, 5.74) is 10.1. The van der Waals surface area contributed by atoms with Crippen LogP contribution in [-0.2, 0) is 11.2 Å². The SMILES string of the molecule is C=C(N/C(CCC)=C(\Cc1ccccc1)C(=NC)C(=O)NN1CCCCC1)C1=C(C)CCC=C1. The number of hydrogen-bond donors (Lipinski definition) is 2. The van der Waals surface area contributed by atoms with Crippen molar-refractivity contribution < 1.29 is 4.79 Å². The molecule has 0 radical (unpaired) electrons. The third-order valence-electron chi connectivity index (χ3n) is 6.49. The van der Waals surface area contributed by atoms with Crippen molar-refractivity contribution in [3.8, 4) is 0 Å². The first kappa shape index (κ1) is 25.7. The topological polar surface area (TPSA) is 56.7 Å². The number of hydrogen-bond acceptors (Lipinski definition) is 4. The summed E-state index contributed by atoms with van der Waals surface area (Å²) in [6.07, 6.45) is 12.3. The lowest BCUT2D eigenvalue weighted by molar-refractivity contribution is -0.119. The van der Waals surface area contributed by atoms with Gasteiger partial charge in [0.05, 0.1) is 0 Å².